The predicted molar refractivity (Wildman–Crippen MR) is 51.5 cm³/mol. The lowest BCUT2D eigenvalue weighted by Gasteiger charge is -2.03. The Kier molecular flexibility index (Phi) is 3.15. The van der Waals surface area contributed by atoms with Crippen LogP contribution in [0.15, 0.2) is 21.6 Å². The third-order valence-corrected chi connectivity index (χ3v) is 3.02. The summed E-state index contributed by atoms with van der Waals surface area (Å²) in [6.45, 7) is 0. The maximum atomic E-state index is 11.0. The molecule has 1 heterocycles. The highest BCUT2D eigenvalue weighted by Crippen LogP contribution is 2.26. The highest BCUT2D eigenvalue weighted by molar-refractivity contribution is 9.10. The van der Waals surface area contributed by atoms with Crippen molar-refractivity contribution in [2.45, 2.75) is 4.90 Å². The highest BCUT2D eigenvalue weighted by Gasteiger charge is 2.17. The lowest BCUT2D eigenvalue weighted by Crippen LogP contribution is -1.98. The molecule has 0 aliphatic carbocycles. The van der Waals surface area contributed by atoms with Gasteiger partial charge in [-0.05, 0) is 28.1 Å². The molecule has 1 rings (SSSR count). The maximum Gasteiger partial charge on any atom is 0.266 e. The Morgan fingerprint density at radius 2 is 2.15 bits per heavy atom. The molecule has 0 saturated carbocycles. The van der Waals surface area contributed by atoms with E-state index in [1.807, 2.05) is 0 Å². The summed E-state index contributed by atoms with van der Waals surface area (Å²) in [5, 5.41) is 0. The van der Waals surface area contributed by atoms with E-state index < -0.39 is 9.05 Å². The number of aromatic nitrogens is 1. The highest BCUT2D eigenvalue weighted by atomic mass is 79.9. The number of methoxy groups -OCH3 is 1. The molecule has 1 aromatic heterocycles. The lowest BCUT2D eigenvalue weighted by atomic mass is 10.5. The van der Waals surface area contributed by atoms with Crippen molar-refractivity contribution in [1.82, 2.24) is 4.98 Å². The zero-order valence-corrected chi connectivity index (χ0v) is 9.65. The first-order chi connectivity index (χ1) is 5.95. The molecule has 72 valence electrons. The Bertz CT molecular complexity index is 420. The van der Waals surface area contributed by atoms with Gasteiger partial charge in [-0.25, -0.2) is 13.4 Å². The van der Waals surface area contributed by atoms with E-state index in [-0.39, 0.29) is 10.8 Å². The molecule has 0 spiro atoms. The Morgan fingerprint density at radius 3 is 2.62 bits per heavy atom. The molecule has 7 heteroatoms. The van der Waals surface area contributed by atoms with Crippen molar-refractivity contribution >= 4 is 35.7 Å². The van der Waals surface area contributed by atoms with Crippen molar-refractivity contribution < 1.29 is 13.2 Å². The molecule has 0 unspecified atom stereocenters. The van der Waals surface area contributed by atoms with E-state index in [1.54, 1.807) is 0 Å². The molecule has 1 aromatic rings. The molecule has 4 nitrogen and oxygen atoms in total. The molecule has 0 aromatic carbocycles. The van der Waals surface area contributed by atoms with Gasteiger partial charge in [0.2, 0.25) is 5.88 Å². The molecule has 0 N–H and O–H groups in total. The summed E-state index contributed by atoms with van der Waals surface area (Å²) in [5.41, 5.74) is 0. The summed E-state index contributed by atoms with van der Waals surface area (Å²) >= 11 is 3.07. The minimum atomic E-state index is -3.80. The summed E-state index contributed by atoms with van der Waals surface area (Å²) in [4.78, 5) is 3.65. The third-order valence-electron chi connectivity index (χ3n) is 1.25. The molecule has 0 bridgehead atoms. The number of nitrogens with zero attached hydrogens (tertiary/aromatic N) is 1. The fourth-order valence-electron chi connectivity index (χ4n) is 0.737. The van der Waals surface area contributed by atoms with Crippen LogP contribution in [0, 0.1) is 0 Å². The van der Waals surface area contributed by atoms with Gasteiger partial charge in [0.1, 0.15) is 9.50 Å². The van der Waals surface area contributed by atoms with E-state index in [2.05, 4.69) is 20.9 Å². The van der Waals surface area contributed by atoms with E-state index in [1.165, 1.54) is 19.2 Å². The molecular weight excluding hydrogens is 281 g/mol. The average molecular weight is 287 g/mol. The second-order valence-electron chi connectivity index (χ2n) is 2.08. The van der Waals surface area contributed by atoms with Crippen molar-refractivity contribution in [3.8, 4) is 5.88 Å². The number of halogens is 2. The maximum absolute atomic E-state index is 11.0. The number of pyridine rings is 1. The van der Waals surface area contributed by atoms with Crippen LogP contribution >= 0.6 is 26.6 Å². The van der Waals surface area contributed by atoms with E-state index in [0.717, 1.165) is 0 Å². The zero-order valence-electron chi connectivity index (χ0n) is 6.49. The second-order valence-corrected chi connectivity index (χ2v) is 5.43. The standard InChI is InChI=1S/C6H5BrClNO3S/c1-12-6-4(13(8,10)11)2-3-5(7)9-6/h2-3H,1H3. The van der Waals surface area contributed by atoms with Crippen LogP contribution in [0.1, 0.15) is 0 Å². The molecule has 0 fully saturated rings. The fourth-order valence-corrected chi connectivity index (χ4v) is 1.95. The van der Waals surface area contributed by atoms with Gasteiger partial charge >= 0.3 is 0 Å². The van der Waals surface area contributed by atoms with Crippen LogP contribution in [0.5, 0.6) is 5.88 Å². The van der Waals surface area contributed by atoms with Crippen molar-refractivity contribution in [2.24, 2.45) is 0 Å². The molecule has 0 amide bonds. The van der Waals surface area contributed by atoms with Crippen molar-refractivity contribution in [3.63, 3.8) is 0 Å². The number of hydrogen-bond donors (Lipinski definition) is 0. The number of hydrogen-bond acceptors (Lipinski definition) is 4. The van der Waals surface area contributed by atoms with Gasteiger partial charge in [-0.2, -0.15) is 0 Å². The average Bonchev–Trinajstić information content (AvgIpc) is 2.01. The van der Waals surface area contributed by atoms with Crippen LogP contribution in [-0.4, -0.2) is 20.5 Å². The van der Waals surface area contributed by atoms with E-state index in [9.17, 15) is 8.42 Å². The quantitative estimate of drug-likeness (QED) is 0.614. The summed E-state index contributed by atoms with van der Waals surface area (Å²) in [7, 11) is 2.65. The summed E-state index contributed by atoms with van der Waals surface area (Å²) in [6, 6.07) is 2.79. The molecule has 0 aliphatic rings. The van der Waals surface area contributed by atoms with Crippen molar-refractivity contribution in [1.29, 1.82) is 0 Å². The van der Waals surface area contributed by atoms with Gasteiger partial charge in [-0.15, -0.1) is 0 Å². The smallest absolute Gasteiger partial charge is 0.266 e. The van der Waals surface area contributed by atoms with Crippen molar-refractivity contribution in [3.05, 3.63) is 16.7 Å². The molecule has 13 heavy (non-hydrogen) atoms. The Labute approximate surface area is 88.4 Å². The Hall–Kier alpha value is -0.330. The van der Waals surface area contributed by atoms with Crippen LogP contribution in [0.4, 0.5) is 0 Å². The predicted octanol–water partition coefficient (Wildman–Crippen LogP) is 1.78. The van der Waals surface area contributed by atoms with Crippen LogP contribution in [0.2, 0.25) is 0 Å². The summed E-state index contributed by atoms with van der Waals surface area (Å²) in [5.74, 6) is -0.0237. The molecule has 0 saturated heterocycles. The Morgan fingerprint density at radius 1 is 1.54 bits per heavy atom. The SMILES string of the molecule is COc1nc(Br)ccc1S(=O)(=O)Cl. The van der Waals surface area contributed by atoms with Gasteiger partial charge in [-0.1, -0.05) is 0 Å². The first kappa shape index (κ1) is 10.7. The van der Waals surface area contributed by atoms with Gasteiger partial charge in [0.05, 0.1) is 7.11 Å². The van der Waals surface area contributed by atoms with Crippen LogP contribution in [-0.2, 0) is 9.05 Å². The minimum absolute atomic E-state index is 0.0237. The molecule has 0 aliphatic heterocycles. The first-order valence-electron chi connectivity index (χ1n) is 3.10. The van der Waals surface area contributed by atoms with Gasteiger partial charge in [0, 0.05) is 10.7 Å². The van der Waals surface area contributed by atoms with E-state index >= 15 is 0 Å². The van der Waals surface area contributed by atoms with Crippen LogP contribution in [0.25, 0.3) is 0 Å². The number of rotatable bonds is 2. The minimum Gasteiger partial charge on any atom is -0.480 e. The topological polar surface area (TPSA) is 56.3 Å². The van der Waals surface area contributed by atoms with E-state index in [4.69, 9.17) is 15.4 Å². The first-order valence-corrected chi connectivity index (χ1v) is 6.20. The van der Waals surface area contributed by atoms with Gasteiger partial charge in [0.25, 0.3) is 9.05 Å². The monoisotopic (exact) mass is 285 g/mol. The van der Waals surface area contributed by atoms with Crippen molar-refractivity contribution in [2.75, 3.05) is 7.11 Å². The van der Waals surface area contributed by atoms with Crippen LogP contribution in [0.3, 0.4) is 0 Å². The fraction of sp³-hybridized carbons (Fsp3) is 0.167. The summed E-state index contributed by atoms with van der Waals surface area (Å²) in [6.07, 6.45) is 0. The van der Waals surface area contributed by atoms with E-state index in [0.29, 0.717) is 4.60 Å². The largest absolute Gasteiger partial charge is 0.480 e. The zero-order chi connectivity index (χ0) is 10.1. The lowest BCUT2D eigenvalue weighted by molar-refractivity contribution is 0.384. The molecule has 0 atom stereocenters. The van der Waals surface area contributed by atoms with Gasteiger partial charge in [0.15, 0.2) is 0 Å². The van der Waals surface area contributed by atoms with Crippen LogP contribution < -0.4 is 4.74 Å². The van der Waals surface area contributed by atoms with Gasteiger partial charge < -0.3 is 4.74 Å². The second kappa shape index (κ2) is 3.81. The molecule has 0 radical (unpaired) electrons. The third kappa shape index (κ3) is 2.55. The molecular formula is C6H5BrClNO3S. The normalized spacial score (nSPS) is 11.3. The Balaban J connectivity index is 3.39. The summed E-state index contributed by atoms with van der Waals surface area (Å²) < 4.78 is 27.1. The van der Waals surface area contributed by atoms with Gasteiger partial charge in [-0.3, -0.25) is 0 Å². The number of ether oxygens (including phenoxy) is 1.